The van der Waals surface area contributed by atoms with E-state index >= 15 is 0 Å². The van der Waals surface area contributed by atoms with Crippen LogP contribution in [0.25, 0.3) is 0 Å². The van der Waals surface area contributed by atoms with Crippen LogP contribution in [-0.2, 0) is 19.5 Å². The van der Waals surface area contributed by atoms with Gasteiger partial charge in [-0.1, -0.05) is 17.7 Å². The third kappa shape index (κ3) is 2.91. The maximum atomic E-state index is 11.7. The molecule has 3 aromatic rings. The maximum Gasteiger partial charge on any atom is 0.285 e. The zero-order valence-electron chi connectivity index (χ0n) is 13.7. The minimum atomic E-state index is -0.373. The molecule has 8 heteroatoms. The first-order valence-corrected chi connectivity index (χ1v) is 8.43. The quantitative estimate of drug-likeness (QED) is 0.775. The van der Waals surface area contributed by atoms with Crippen molar-refractivity contribution in [2.45, 2.75) is 26.4 Å². The van der Waals surface area contributed by atoms with Crippen LogP contribution in [0.1, 0.15) is 22.6 Å². The second-order valence-corrected chi connectivity index (χ2v) is 6.46. The lowest BCUT2D eigenvalue weighted by Crippen LogP contribution is -2.32. The SMILES string of the molecule is Cc1ncccc1Cn1cnc2c1CCN(c1cn[nH]c(=O)c1Cl)C2. The maximum absolute atomic E-state index is 11.7. The molecular weight excluding hydrogens is 340 g/mol. The first-order chi connectivity index (χ1) is 12.1. The van der Waals surface area contributed by atoms with E-state index in [2.05, 4.69) is 30.8 Å². The Kier molecular flexibility index (Phi) is 4.01. The van der Waals surface area contributed by atoms with Crippen LogP contribution in [0.4, 0.5) is 5.69 Å². The Morgan fingerprint density at radius 3 is 3.08 bits per heavy atom. The molecule has 1 aliphatic rings. The van der Waals surface area contributed by atoms with E-state index in [-0.39, 0.29) is 10.6 Å². The molecule has 0 aliphatic carbocycles. The molecule has 0 unspecified atom stereocenters. The van der Waals surface area contributed by atoms with Crippen molar-refractivity contribution in [3.8, 4) is 0 Å². The summed E-state index contributed by atoms with van der Waals surface area (Å²) in [5.74, 6) is 0. The van der Waals surface area contributed by atoms with Gasteiger partial charge in [-0.15, -0.1) is 0 Å². The Morgan fingerprint density at radius 2 is 2.24 bits per heavy atom. The average Bonchev–Trinajstić information content (AvgIpc) is 3.01. The smallest absolute Gasteiger partial charge is 0.285 e. The monoisotopic (exact) mass is 356 g/mol. The van der Waals surface area contributed by atoms with Gasteiger partial charge in [0.25, 0.3) is 5.56 Å². The predicted octanol–water partition coefficient (Wildman–Crippen LogP) is 1.93. The number of aromatic nitrogens is 5. The second-order valence-electron chi connectivity index (χ2n) is 6.08. The van der Waals surface area contributed by atoms with E-state index in [1.807, 2.05) is 24.2 Å². The summed E-state index contributed by atoms with van der Waals surface area (Å²) in [5, 5.41) is 6.37. The fourth-order valence-corrected chi connectivity index (χ4v) is 3.39. The van der Waals surface area contributed by atoms with Gasteiger partial charge in [-0.3, -0.25) is 9.78 Å². The van der Waals surface area contributed by atoms with E-state index < -0.39 is 0 Å². The lowest BCUT2D eigenvalue weighted by Gasteiger charge is -2.29. The molecule has 0 amide bonds. The van der Waals surface area contributed by atoms with Gasteiger partial charge in [-0.25, -0.2) is 10.1 Å². The van der Waals surface area contributed by atoms with Crippen LogP contribution in [-0.4, -0.2) is 31.3 Å². The number of imidazole rings is 1. The summed E-state index contributed by atoms with van der Waals surface area (Å²) in [6, 6.07) is 4.04. The Labute approximate surface area is 149 Å². The second kappa shape index (κ2) is 6.33. The molecular formula is C17H17ClN6O. The summed E-state index contributed by atoms with van der Waals surface area (Å²) in [6.07, 6.45) is 6.10. The summed E-state index contributed by atoms with van der Waals surface area (Å²) in [7, 11) is 0. The number of H-pyrrole nitrogens is 1. The third-order valence-corrected chi connectivity index (χ3v) is 4.93. The summed E-state index contributed by atoms with van der Waals surface area (Å²) < 4.78 is 2.17. The summed E-state index contributed by atoms with van der Waals surface area (Å²) in [4.78, 5) is 22.6. The van der Waals surface area contributed by atoms with E-state index in [0.717, 1.165) is 30.9 Å². The van der Waals surface area contributed by atoms with Crippen molar-refractivity contribution in [1.82, 2.24) is 24.7 Å². The molecule has 7 nitrogen and oxygen atoms in total. The van der Waals surface area contributed by atoms with E-state index in [9.17, 15) is 4.79 Å². The van der Waals surface area contributed by atoms with Crippen LogP contribution >= 0.6 is 11.6 Å². The molecule has 0 fully saturated rings. The Morgan fingerprint density at radius 1 is 1.36 bits per heavy atom. The number of nitrogens with zero attached hydrogens (tertiary/aromatic N) is 5. The zero-order chi connectivity index (χ0) is 17.4. The zero-order valence-corrected chi connectivity index (χ0v) is 14.5. The molecule has 3 aromatic heterocycles. The topological polar surface area (TPSA) is 79.7 Å². The lowest BCUT2D eigenvalue weighted by atomic mass is 10.1. The molecule has 0 bridgehead atoms. The van der Waals surface area contributed by atoms with E-state index in [1.54, 1.807) is 12.4 Å². The van der Waals surface area contributed by atoms with Crippen LogP contribution in [0.5, 0.6) is 0 Å². The molecule has 0 saturated heterocycles. The number of aromatic amines is 1. The number of pyridine rings is 1. The molecule has 0 aromatic carbocycles. The molecule has 0 radical (unpaired) electrons. The summed E-state index contributed by atoms with van der Waals surface area (Å²) in [6.45, 7) is 4.15. The van der Waals surface area contributed by atoms with Gasteiger partial charge in [-0.05, 0) is 18.6 Å². The largest absolute Gasteiger partial charge is 0.362 e. The molecule has 4 rings (SSSR count). The third-order valence-electron chi connectivity index (χ3n) is 4.57. The van der Waals surface area contributed by atoms with E-state index in [1.165, 1.54) is 11.3 Å². The fourth-order valence-electron chi connectivity index (χ4n) is 3.17. The lowest BCUT2D eigenvalue weighted by molar-refractivity contribution is 0.658. The molecule has 0 spiro atoms. The summed E-state index contributed by atoms with van der Waals surface area (Å²) in [5.41, 5.74) is 4.71. The minimum absolute atomic E-state index is 0.170. The standard InChI is InChI=1S/C17H17ClN6O/c1-11-12(3-2-5-19-11)8-24-10-20-13-9-23(6-4-14(13)24)15-7-21-22-17(25)16(15)18/h2-3,5,7,10H,4,6,8-9H2,1H3,(H,22,25). The van der Waals surface area contributed by atoms with Crippen molar-refractivity contribution < 1.29 is 0 Å². The predicted molar refractivity (Wildman–Crippen MR) is 94.9 cm³/mol. The van der Waals surface area contributed by atoms with E-state index in [4.69, 9.17) is 11.6 Å². The van der Waals surface area contributed by atoms with Crippen LogP contribution in [0.15, 0.2) is 35.6 Å². The Bertz CT molecular complexity index is 979. The van der Waals surface area contributed by atoms with Gasteiger partial charge in [0, 0.05) is 30.6 Å². The molecule has 0 atom stereocenters. The molecule has 0 saturated carbocycles. The number of hydrogen-bond acceptors (Lipinski definition) is 5. The highest BCUT2D eigenvalue weighted by atomic mass is 35.5. The van der Waals surface area contributed by atoms with Gasteiger partial charge >= 0.3 is 0 Å². The highest BCUT2D eigenvalue weighted by Gasteiger charge is 2.23. The fraction of sp³-hybridized carbons (Fsp3) is 0.294. The van der Waals surface area contributed by atoms with Gasteiger partial charge in [0.15, 0.2) is 0 Å². The van der Waals surface area contributed by atoms with Gasteiger partial charge in [0.05, 0.1) is 37.0 Å². The van der Waals surface area contributed by atoms with Crippen LogP contribution in [0.2, 0.25) is 5.02 Å². The first-order valence-electron chi connectivity index (χ1n) is 8.05. The van der Waals surface area contributed by atoms with Crippen LogP contribution in [0.3, 0.4) is 0 Å². The van der Waals surface area contributed by atoms with E-state index in [0.29, 0.717) is 12.2 Å². The minimum Gasteiger partial charge on any atom is -0.362 e. The molecule has 1 N–H and O–H groups in total. The molecule has 4 heterocycles. The normalized spacial score (nSPS) is 13.8. The highest BCUT2D eigenvalue weighted by molar-refractivity contribution is 6.32. The van der Waals surface area contributed by atoms with Crippen molar-refractivity contribution in [1.29, 1.82) is 0 Å². The Balaban J connectivity index is 1.60. The number of fused-ring (bicyclic) bond motifs is 1. The summed E-state index contributed by atoms with van der Waals surface area (Å²) >= 11 is 6.13. The highest BCUT2D eigenvalue weighted by Crippen LogP contribution is 2.27. The average molecular weight is 357 g/mol. The van der Waals surface area contributed by atoms with Gasteiger partial charge < -0.3 is 9.47 Å². The number of hydrogen-bond donors (Lipinski definition) is 1. The van der Waals surface area contributed by atoms with Crippen LogP contribution in [0, 0.1) is 6.92 Å². The number of rotatable bonds is 3. The van der Waals surface area contributed by atoms with Gasteiger partial charge in [0.1, 0.15) is 5.02 Å². The van der Waals surface area contributed by atoms with Crippen molar-refractivity contribution >= 4 is 17.3 Å². The molecule has 1 aliphatic heterocycles. The van der Waals surface area contributed by atoms with Crippen molar-refractivity contribution in [3.63, 3.8) is 0 Å². The van der Waals surface area contributed by atoms with Gasteiger partial charge in [0.2, 0.25) is 0 Å². The Hall–Kier alpha value is -2.67. The first kappa shape index (κ1) is 15.8. The van der Waals surface area contributed by atoms with Crippen LogP contribution < -0.4 is 10.5 Å². The molecule has 128 valence electrons. The number of halogens is 1. The van der Waals surface area contributed by atoms with Crippen molar-refractivity contribution in [2.24, 2.45) is 0 Å². The van der Waals surface area contributed by atoms with Crippen molar-refractivity contribution in [3.05, 3.63) is 68.9 Å². The molecule has 25 heavy (non-hydrogen) atoms. The number of anilines is 1. The number of aryl methyl sites for hydroxylation is 1. The van der Waals surface area contributed by atoms with Crippen molar-refractivity contribution in [2.75, 3.05) is 11.4 Å². The number of nitrogens with one attached hydrogen (secondary N) is 1. The van der Waals surface area contributed by atoms with Gasteiger partial charge in [-0.2, -0.15) is 5.10 Å².